The van der Waals surface area contributed by atoms with Gasteiger partial charge in [-0.1, -0.05) is 13.8 Å². The quantitative estimate of drug-likeness (QED) is 0.625. The maximum absolute atomic E-state index is 11.6. The molecule has 0 saturated heterocycles. The Bertz CT molecular complexity index is 694. The highest BCUT2D eigenvalue weighted by Crippen LogP contribution is 2.45. The van der Waals surface area contributed by atoms with Crippen LogP contribution in [0, 0.1) is 0 Å². The summed E-state index contributed by atoms with van der Waals surface area (Å²) in [6.07, 6.45) is -1.19. The highest BCUT2D eigenvalue weighted by atomic mass is 32.2. The number of hydrogen-bond donors (Lipinski definition) is 1. The van der Waals surface area contributed by atoms with Gasteiger partial charge in [-0.15, -0.1) is 0 Å². The topological polar surface area (TPSA) is 99.1 Å². The summed E-state index contributed by atoms with van der Waals surface area (Å²) in [5, 5.41) is 8.52. The predicted octanol–water partition coefficient (Wildman–Crippen LogP) is 2.54. The molecule has 8 heteroatoms. The second kappa shape index (κ2) is 6.27. The van der Waals surface area contributed by atoms with Crippen LogP contribution in [-0.4, -0.2) is 38.1 Å². The zero-order valence-electron chi connectivity index (χ0n) is 13.2. The Labute approximate surface area is 135 Å². The summed E-state index contributed by atoms with van der Waals surface area (Å²) in [7, 11) is -3.59. The summed E-state index contributed by atoms with van der Waals surface area (Å²) < 4.78 is 38.6. The number of ether oxygens (including phenoxy) is 2. The first kappa shape index (κ1) is 17.4. The fourth-order valence-electron chi connectivity index (χ4n) is 2.52. The van der Waals surface area contributed by atoms with E-state index in [1.54, 1.807) is 12.1 Å². The van der Waals surface area contributed by atoms with Crippen LogP contribution in [0.3, 0.4) is 0 Å². The van der Waals surface area contributed by atoms with Crippen molar-refractivity contribution in [3.63, 3.8) is 0 Å². The van der Waals surface area contributed by atoms with E-state index in [2.05, 4.69) is 4.74 Å². The van der Waals surface area contributed by atoms with Crippen LogP contribution in [-0.2, 0) is 20.3 Å². The monoisotopic (exact) mass is 344 g/mol. The SMILES string of the molecule is CCS(=O)(=O)Oc1ccc2c(c1)C(C)(C)C(CCOC(=O)O)O2. The van der Waals surface area contributed by atoms with Gasteiger partial charge in [-0.25, -0.2) is 4.79 Å². The molecule has 1 unspecified atom stereocenters. The Morgan fingerprint density at radius 2 is 2.09 bits per heavy atom. The molecule has 2 rings (SSSR count). The van der Waals surface area contributed by atoms with E-state index in [-0.39, 0.29) is 24.2 Å². The van der Waals surface area contributed by atoms with Gasteiger partial charge >= 0.3 is 16.3 Å². The van der Waals surface area contributed by atoms with Crippen LogP contribution in [0.2, 0.25) is 0 Å². The molecule has 1 aromatic rings. The third kappa shape index (κ3) is 3.87. The molecule has 1 N–H and O–H groups in total. The molecular weight excluding hydrogens is 324 g/mol. The molecule has 0 saturated carbocycles. The second-order valence-corrected chi connectivity index (χ2v) is 7.68. The van der Waals surface area contributed by atoms with Gasteiger partial charge in [0.1, 0.15) is 17.6 Å². The number of hydrogen-bond acceptors (Lipinski definition) is 6. The molecule has 0 fully saturated rings. The lowest BCUT2D eigenvalue weighted by Crippen LogP contribution is -2.33. The van der Waals surface area contributed by atoms with Crippen molar-refractivity contribution >= 4 is 16.3 Å². The van der Waals surface area contributed by atoms with Gasteiger partial charge in [0.05, 0.1) is 12.4 Å². The molecule has 0 aliphatic carbocycles. The van der Waals surface area contributed by atoms with Gasteiger partial charge in [-0.3, -0.25) is 0 Å². The Kier molecular flexibility index (Phi) is 4.74. The van der Waals surface area contributed by atoms with Gasteiger partial charge in [0.25, 0.3) is 0 Å². The average molecular weight is 344 g/mol. The van der Waals surface area contributed by atoms with Crippen LogP contribution in [0.4, 0.5) is 4.79 Å². The van der Waals surface area contributed by atoms with Gasteiger partial charge in [-0.05, 0) is 25.1 Å². The van der Waals surface area contributed by atoms with Crippen molar-refractivity contribution in [2.24, 2.45) is 0 Å². The minimum Gasteiger partial charge on any atom is -0.489 e. The number of carboxylic acid groups (broad SMARTS) is 1. The molecule has 128 valence electrons. The van der Waals surface area contributed by atoms with Crippen molar-refractivity contribution in [1.82, 2.24) is 0 Å². The number of benzene rings is 1. The Morgan fingerprint density at radius 3 is 2.70 bits per heavy atom. The molecule has 1 aliphatic heterocycles. The zero-order valence-corrected chi connectivity index (χ0v) is 14.1. The lowest BCUT2D eigenvalue weighted by Gasteiger charge is -2.25. The highest BCUT2D eigenvalue weighted by molar-refractivity contribution is 7.87. The number of fused-ring (bicyclic) bond motifs is 1. The first-order valence-corrected chi connectivity index (χ1v) is 8.82. The van der Waals surface area contributed by atoms with Gasteiger partial charge in [0, 0.05) is 17.4 Å². The third-order valence-electron chi connectivity index (χ3n) is 3.90. The maximum atomic E-state index is 11.6. The van der Waals surface area contributed by atoms with E-state index in [1.165, 1.54) is 13.0 Å². The molecular formula is C15H20O7S. The highest BCUT2D eigenvalue weighted by Gasteiger charge is 2.41. The van der Waals surface area contributed by atoms with E-state index in [0.717, 1.165) is 5.56 Å². The fraction of sp³-hybridized carbons (Fsp3) is 0.533. The minimum absolute atomic E-state index is 0.0327. The van der Waals surface area contributed by atoms with Crippen molar-refractivity contribution in [2.75, 3.05) is 12.4 Å². The normalized spacial score (nSPS) is 18.8. The maximum Gasteiger partial charge on any atom is 0.505 e. The smallest absolute Gasteiger partial charge is 0.489 e. The molecule has 1 atom stereocenters. The molecule has 0 bridgehead atoms. The van der Waals surface area contributed by atoms with Gasteiger partial charge in [0.2, 0.25) is 0 Å². The molecule has 0 radical (unpaired) electrons. The summed E-state index contributed by atoms with van der Waals surface area (Å²) in [5.74, 6) is 0.764. The molecule has 1 aromatic carbocycles. The van der Waals surface area contributed by atoms with Crippen LogP contribution in [0.1, 0.15) is 32.8 Å². The van der Waals surface area contributed by atoms with Gasteiger partial charge in [0.15, 0.2) is 0 Å². The van der Waals surface area contributed by atoms with Crippen LogP contribution in [0.25, 0.3) is 0 Å². The molecule has 7 nitrogen and oxygen atoms in total. The van der Waals surface area contributed by atoms with Crippen LogP contribution in [0.5, 0.6) is 11.5 Å². The van der Waals surface area contributed by atoms with Crippen molar-refractivity contribution in [1.29, 1.82) is 0 Å². The van der Waals surface area contributed by atoms with Gasteiger partial charge < -0.3 is 18.8 Å². The average Bonchev–Trinajstić information content (AvgIpc) is 2.70. The van der Waals surface area contributed by atoms with E-state index >= 15 is 0 Å². The lowest BCUT2D eigenvalue weighted by molar-refractivity contribution is 0.0687. The largest absolute Gasteiger partial charge is 0.505 e. The van der Waals surface area contributed by atoms with E-state index in [0.29, 0.717) is 12.2 Å². The molecule has 0 aromatic heterocycles. The fourth-order valence-corrected chi connectivity index (χ4v) is 3.03. The first-order valence-electron chi connectivity index (χ1n) is 7.25. The Hall–Kier alpha value is -1.96. The lowest BCUT2D eigenvalue weighted by atomic mass is 9.80. The van der Waals surface area contributed by atoms with Crippen LogP contribution < -0.4 is 8.92 Å². The van der Waals surface area contributed by atoms with Gasteiger partial charge in [-0.2, -0.15) is 8.42 Å². The third-order valence-corrected chi connectivity index (χ3v) is 5.06. The first-order chi connectivity index (χ1) is 10.7. The Balaban J connectivity index is 2.17. The molecule has 0 amide bonds. The summed E-state index contributed by atoms with van der Waals surface area (Å²) in [5.41, 5.74) is 0.397. The number of carbonyl (C=O) groups is 1. The number of rotatable bonds is 6. The van der Waals surface area contributed by atoms with E-state index in [1.807, 2.05) is 13.8 Å². The summed E-state index contributed by atoms with van der Waals surface area (Å²) in [6.45, 7) is 5.43. The molecule has 1 aliphatic rings. The summed E-state index contributed by atoms with van der Waals surface area (Å²) in [4.78, 5) is 10.4. The van der Waals surface area contributed by atoms with Crippen molar-refractivity contribution < 1.29 is 32.0 Å². The van der Waals surface area contributed by atoms with Crippen LogP contribution >= 0.6 is 0 Å². The van der Waals surface area contributed by atoms with E-state index in [4.69, 9.17) is 14.0 Å². The van der Waals surface area contributed by atoms with E-state index in [9.17, 15) is 13.2 Å². The molecule has 0 spiro atoms. The zero-order chi connectivity index (χ0) is 17.3. The van der Waals surface area contributed by atoms with Crippen molar-refractivity contribution in [3.05, 3.63) is 23.8 Å². The molecule has 23 heavy (non-hydrogen) atoms. The molecule has 1 heterocycles. The van der Waals surface area contributed by atoms with Crippen molar-refractivity contribution in [2.45, 2.75) is 38.7 Å². The standard InChI is InChI=1S/C15H20O7S/c1-4-23(18,19)22-10-5-6-12-11(9-10)15(2,3)13(21-12)7-8-20-14(16)17/h5-6,9,13H,4,7-8H2,1-3H3,(H,16,17). The Morgan fingerprint density at radius 1 is 1.39 bits per heavy atom. The van der Waals surface area contributed by atoms with Crippen LogP contribution in [0.15, 0.2) is 18.2 Å². The predicted molar refractivity (Wildman–Crippen MR) is 82.6 cm³/mol. The van der Waals surface area contributed by atoms with Crippen molar-refractivity contribution in [3.8, 4) is 11.5 Å². The minimum atomic E-state index is -3.59. The summed E-state index contributed by atoms with van der Waals surface area (Å²) in [6, 6.07) is 4.86. The van der Waals surface area contributed by atoms with E-state index < -0.39 is 21.7 Å². The second-order valence-electron chi connectivity index (χ2n) is 5.82. The summed E-state index contributed by atoms with van der Waals surface area (Å²) >= 11 is 0.